The zero-order chi connectivity index (χ0) is 10.2. The minimum absolute atomic E-state index is 0. The van der Waals surface area contributed by atoms with Crippen LogP contribution in [0.3, 0.4) is 0 Å². The summed E-state index contributed by atoms with van der Waals surface area (Å²) >= 11 is 0. The Balaban J connectivity index is 0. The van der Waals surface area contributed by atoms with Crippen LogP contribution in [0.5, 0.6) is 0 Å². The molecule has 0 bridgehead atoms. The molecule has 0 amide bonds. The van der Waals surface area contributed by atoms with E-state index in [1.54, 1.807) is 0 Å². The van der Waals surface area contributed by atoms with E-state index in [1.165, 1.54) is 0 Å². The van der Waals surface area contributed by atoms with E-state index < -0.39 is 36.7 Å². The van der Waals surface area contributed by atoms with Crippen LogP contribution in [-0.4, -0.2) is 52.0 Å². The Morgan fingerprint density at radius 2 is 1.53 bits per heavy atom. The Labute approximate surface area is 130 Å². The van der Waals surface area contributed by atoms with Crippen LogP contribution >= 0.6 is 0 Å². The van der Waals surface area contributed by atoms with Crippen molar-refractivity contribution < 1.29 is 94.2 Å². The smallest absolute Gasteiger partial charge is 0.829 e. The number of carboxylic acids is 1. The average molecular weight is 238 g/mol. The van der Waals surface area contributed by atoms with Crippen LogP contribution in [0.15, 0.2) is 0 Å². The zero-order valence-corrected chi connectivity index (χ0v) is 12.4. The molecule has 0 aromatic carbocycles. The summed E-state index contributed by atoms with van der Waals surface area (Å²) in [5.74, 6) is -1.81. The molecule has 0 saturated carbocycles. The number of carbonyl (C=O) groups is 1. The van der Waals surface area contributed by atoms with Crippen LogP contribution in [0.1, 0.15) is 0 Å². The number of aliphatic hydroxyl groups excluding tert-OH is 3. The molecule has 0 aromatic rings. The van der Waals surface area contributed by atoms with E-state index in [-0.39, 0.29) is 59.1 Å². The van der Waals surface area contributed by atoms with Gasteiger partial charge in [0.05, 0.1) is 12.1 Å². The monoisotopic (exact) mass is 238 g/mol. The molecule has 3 N–H and O–H groups in total. The third-order valence-electron chi connectivity index (χ3n) is 1.80. The fourth-order valence-corrected chi connectivity index (χ4v) is 1.04. The number of carboxylic acid groups (broad SMARTS) is 1. The van der Waals surface area contributed by atoms with Crippen molar-refractivity contribution in [3.63, 3.8) is 0 Å². The number of ether oxygens (including phenoxy) is 1. The molecule has 0 radical (unpaired) electrons. The molecule has 0 spiro atoms. The fourth-order valence-electron chi connectivity index (χ4n) is 1.04. The summed E-state index contributed by atoms with van der Waals surface area (Å²) in [6, 6.07) is 0. The minimum atomic E-state index is -2.10. The molecule has 1 unspecified atom stereocenters. The minimum Gasteiger partial charge on any atom is -0.829 e. The fraction of sp³-hybridized carbons (Fsp3) is 0.833. The average Bonchev–Trinajstić information content (AvgIpc) is 2.07. The van der Waals surface area contributed by atoms with E-state index in [4.69, 9.17) is 15.3 Å². The second-order valence-electron chi connectivity index (χ2n) is 2.72. The Morgan fingerprint density at radius 1 is 1.07 bits per heavy atom. The Kier molecular flexibility index (Phi) is 9.40. The quantitative estimate of drug-likeness (QED) is 0.386. The SMILES string of the molecule is O=C([O-])[C@H]1OC([O-])[C@H](O)[C@H](O)[C@H]1O.[Na+].[Na+]. The van der Waals surface area contributed by atoms with Crippen LogP contribution in [0, 0.1) is 0 Å². The van der Waals surface area contributed by atoms with E-state index in [1.807, 2.05) is 0 Å². The molecule has 1 aliphatic heterocycles. The van der Waals surface area contributed by atoms with Gasteiger partial charge in [-0.1, -0.05) is 0 Å². The number of aliphatic carboxylic acids is 1. The van der Waals surface area contributed by atoms with Crippen molar-refractivity contribution in [2.45, 2.75) is 30.7 Å². The first-order chi connectivity index (χ1) is 5.95. The molecule has 15 heavy (non-hydrogen) atoms. The summed E-state index contributed by atoms with van der Waals surface area (Å²) in [5.41, 5.74) is 0. The van der Waals surface area contributed by atoms with Gasteiger partial charge in [0.15, 0.2) is 0 Å². The molecule has 1 rings (SSSR count). The zero-order valence-electron chi connectivity index (χ0n) is 8.36. The maximum absolute atomic E-state index is 10.7. The predicted octanol–water partition coefficient (Wildman–Crippen LogP) is -11.1. The van der Waals surface area contributed by atoms with Crippen molar-refractivity contribution in [1.82, 2.24) is 0 Å². The summed E-state index contributed by atoms with van der Waals surface area (Å²) in [4.78, 5) is 10.2. The van der Waals surface area contributed by atoms with Crippen LogP contribution in [-0.2, 0) is 9.53 Å². The molecule has 76 valence electrons. The Bertz CT molecular complexity index is 214. The van der Waals surface area contributed by atoms with Gasteiger partial charge in [0.2, 0.25) is 0 Å². The summed E-state index contributed by atoms with van der Waals surface area (Å²) in [6.45, 7) is 0. The first-order valence-electron chi connectivity index (χ1n) is 3.51. The predicted molar refractivity (Wildman–Crippen MR) is 31.7 cm³/mol. The second kappa shape index (κ2) is 7.57. The van der Waals surface area contributed by atoms with Crippen molar-refractivity contribution in [2.75, 3.05) is 0 Å². The van der Waals surface area contributed by atoms with Crippen molar-refractivity contribution in [2.24, 2.45) is 0 Å². The van der Waals surface area contributed by atoms with E-state index in [9.17, 15) is 15.0 Å². The summed E-state index contributed by atoms with van der Waals surface area (Å²) in [5, 5.41) is 47.8. The number of hydrogen-bond acceptors (Lipinski definition) is 7. The molecular weight excluding hydrogens is 230 g/mol. The van der Waals surface area contributed by atoms with Gasteiger partial charge in [-0.15, -0.1) is 0 Å². The van der Waals surface area contributed by atoms with Gasteiger partial charge in [-0.3, -0.25) is 0 Å². The molecule has 1 fully saturated rings. The van der Waals surface area contributed by atoms with E-state index in [0.717, 1.165) is 0 Å². The summed E-state index contributed by atoms with van der Waals surface area (Å²) in [6.07, 6.45) is -9.53. The van der Waals surface area contributed by atoms with Gasteiger partial charge in [0.25, 0.3) is 0 Å². The van der Waals surface area contributed by atoms with Crippen LogP contribution in [0.25, 0.3) is 0 Å². The first kappa shape index (κ1) is 18.6. The molecule has 7 nitrogen and oxygen atoms in total. The first-order valence-corrected chi connectivity index (χ1v) is 3.51. The Hall–Kier alpha value is 1.27. The van der Waals surface area contributed by atoms with E-state index >= 15 is 0 Å². The molecule has 1 saturated heterocycles. The van der Waals surface area contributed by atoms with Crippen molar-refractivity contribution in [3.05, 3.63) is 0 Å². The topological polar surface area (TPSA) is 133 Å². The van der Waals surface area contributed by atoms with E-state index in [0.29, 0.717) is 0 Å². The maximum atomic E-state index is 10.7. The van der Waals surface area contributed by atoms with Gasteiger partial charge in [0, 0.05) is 6.29 Å². The largest absolute Gasteiger partial charge is 1.00 e. The van der Waals surface area contributed by atoms with Gasteiger partial charge in [-0.25, -0.2) is 0 Å². The summed E-state index contributed by atoms with van der Waals surface area (Å²) < 4.78 is 4.17. The normalized spacial score (nSPS) is 39.9. The standard InChI is InChI=1S/C6H9O7.2Na/c7-1-2(8)4(5(10)11)13-6(12)3(1)9;;/h1-4,6-9H,(H,10,11);;/q-1;2*+1/p-1/t1-,2-,3-,4+,6?;;/m1../s1. The number of carbonyl (C=O) groups excluding carboxylic acids is 1. The molecule has 9 heteroatoms. The number of hydrogen-bond donors (Lipinski definition) is 3. The van der Waals surface area contributed by atoms with E-state index in [2.05, 4.69) is 4.74 Å². The molecule has 5 atom stereocenters. The van der Waals surface area contributed by atoms with Gasteiger partial charge in [-0.2, -0.15) is 0 Å². The number of rotatable bonds is 1. The molecule has 0 aliphatic carbocycles. The van der Waals surface area contributed by atoms with Gasteiger partial charge < -0.3 is 35.1 Å². The van der Waals surface area contributed by atoms with Crippen LogP contribution in [0.4, 0.5) is 0 Å². The molecule has 0 aromatic heterocycles. The second-order valence-corrected chi connectivity index (χ2v) is 2.72. The number of aliphatic hydroxyl groups is 3. The Morgan fingerprint density at radius 3 is 1.93 bits per heavy atom. The molecule has 1 aliphatic rings. The van der Waals surface area contributed by atoms with Crippen molar-refractivity contribution >= 4 is 5.97 Å². The third-order valence-corrected chi connectivity index (χ3v) is 1.80. The van der Waals surface area contributed by atoms with Gasteiger partial charge >= 0.3 is 59.1 Å². The van der Waals surface area contributed by atoms with Crippen LogP contribution < -0.4 is 69.3 Å². The third kappa shape index (κ3) is 4.21. The van der Waals surface area contributed by atoms with Crippen molar-refractivity contribution in [3.8, 4) is 0 Å². The van der Waals surface area contributed by atoms with Crippen molar-refractivity contribution in [1.29, 1.82) is 0 Å². The maximum Gasteiger partial charge on any atom is 1.00 e. The van der Waals surface area contributed by atoms with Gasteiger partial charge in [-0.05, 0) is 0 Å². The molecule has 1 heterocycles. The van der Waals surface area contributed by atoms with Gasteiger partial charge in [0.1, 0.15) is 18.3 Å². The summed E-state index contributed by atoms with van der Waals surface area (Å²) in [7, 11) is 0. The van der Waals surface area contributed by atoms with Crippen LogP contribution in [0.2, 0.25) is 0 Å². The molecular formula is C6H8Na2O7.